The van der Waals surface area contributed by atoms with E-state index < -0.39 is 5.41 Å². The van der Waals surface area contributed by atoms with Gasteiger partial charge in [0.2, 0.25) is 11.8 Å². The summed E-state index contributed by atoms with van der Waals surface area (Å²) < 4.78 is 0. The van der Waals surface area contributed by atoms with E-state index in [1.165, 1.54) is 0 Å². The van der Waals surface area contributed by atoms with Gasteiger partial charge in [-0.25, -0.2) is 0 Å². The molecule has 6 heteroatoms. The lowest BCUT2D eigenvalue weighted by Crippen LogP contribution is -2.47. The van der Waals surface area contributed by atoms with Crippen LogP contribution in [0.2, 0.25) is 0 Å². The van der Waals surface area contributed by atoms with E-state index in [0.29, 0.717) is 39.0 Å². The third-order valence-electron chi connectivity index (χ3n) is 4.07. The Morgan fingerprint density at radius 3 is 1.96 bits per heavy atom. The van der Waals surface area contributed by atoms with Gasteiger partial charge in [-0.05, 0) is 12.8 Å². The van der Waals surface area contributed by atoms with E-state index in [9.17, 15) is 9.59 Å². The van der Waals surface area contributed by atoms with E-state index in [0.717, 1.165) is 0 Å². The molecule has 0 saturated carbocycles. The Morgan fingerprint density at radius 1 is 1.09 bits per heavy atom. The second-order valence-corrected chi connectivity index (χ2v) is 6.96. The summed E-state index contributed by atoms with van der Waals surface area (Å²) in [4.78, 5) is 28.3. The largest absolute Gasteiger partial charge is 0.342 e. The van der Waals surface area contributed by atoms with Crippen molar-refractivity contribution < 1.29 is 9.59 Å². The summed E-state index contributed by atoms with van der Waals surface area (Å²) in [6, 6.07) is 4.08. The van der Waals surface area contributed by atoms with Crippen molar-refractivity contribution in [3.05, 3.63) is 0 Å². The molecule has 1 rings (SSSR count). The lowest BCUT2D eigenvalue weighted by Gasteiger charge is -2.36. The minimum absolute atomic E-state index is 0.0124. The van der Waals surface area contributed by atoms with Gasteiger partial charge in [-0.1, -0.05) is 20.8 Å². The second-order valence-electron chi connectivity index (χ2n) is 6.96. The van der Waals surface area contributed by atoms with Crippen molar-refractivity contribution in [3.8, 4) is 12.1 Å². The van der Waals surface area contributed by atoms with Gasteiger partial charge < -0.3 is 9.80 Å². The summed E-state index contributed by atoms with van der Waals surface area (Å²) in [5, 5.41) is 17.4. The van der Waals surface area contributed by atoms with Crippen LogP contribution in [0.15, 0.2) is 0 Å². The number of piperidine rings is 1. The number of carbonyl (C=O) groups excluding carboxylic acids is 2. The van der Waals surface area contributed by atoms with Crippen LogP contribution in [0, 0.1) is 34.0 Å². The molecule has 126 valence electrons. The molecule has 2 amide bonds. The Kier molecular flexibility index (Phi) is 7.03. The quantitative estimate of drug-likeness (QED) is 0.774. The fourth-order valence-electron chi connectivity index (χ4n) is 2.76. The first kappa shape index (κ1) is 19.0. The number of hydrogen-bond acceptors (Lipinski definition) is 4. The summed E-state index contributed by atoms with van der Waals surface area (Å²) >= 11 is 0. The molecule has 1 aliphatic rings. The third kappa shape index (κ3) is 5.56. The zero-order chi connectivity index (χ0) is 17.5. The number of likely N-dealkylation sites (tertiary alicyclic amines) is 1. The maximum atomic E-state index is 12.6. The maximum Gasteiger partial charge on any atom is 0.227 e. The molecule has 0 aliphatic carbocycles. The highest BCUT2D eigenvalue weighted by Gasteiger charge is 2.33. The van der Waals surface area contributed by atoms with Crippen LogP contribution in [0.25, 0.3) is 0 Å². The maximum absolute atomic E-state index is 12.6. The van der Waals surface area contributed by atoms with E-state index in [2.05, 4.69) is 0 Å². The number of carbonyl (C=O) groups is 2. The molecule has 23 heavy (non-hydrogen) atoms. The molecule has 0 unspecified atom stereocenters. The first-order valence-corrected chi connectivity index (χ1v) is 8.13. The van der Waals surface area contributed by atoms with Crippen molar-refractivity contribution in [3.63, 3.8) is 0 Å². The van der Waals surface area contributed by atoms with Crippen LogP contribution in [0.5, 0.6) is 0 Å². The van der Waals surface area contributed by atoms with Gasteiger partial charge in [-0.3, -0.25) is 9.59 Å². The Labute approximate surface area is 138 Å². The molecule has 0 radical (unpaired) electrons. The third-order valence-corrected chi connectivity index (χ3v) is 4.07. The molecule has 1 heterocycles. The highest BCUT2D eigenvalue weighted by molar-refractivity contribution is 5.82. The highest BCUT2D eigenvalue weighted by atomic mass is 16.2. The van der Waals surface area contributed by atoms with Crippen LogP contribution in [0.3, 0.4) is 0 Å². The van der Waals surface area contributed by atoms with E-state index in [1.54, 1.807) is 4.90 Å². The molecular formula is C17H26N4O2. The van der Waals surface area contributed by atoms with E-state index in [1.807, 2.05) is 37.8 Å². The van der Waals surface area contributed by atoms with Crippen molar-refractivity contribution >= 4 is 11.8 Å². The molecule has 0 aromatic heterocycles. The molecule has 0 atom stereocenters. The van der Waals surface area contributed by atoms with Gasteiger partial charge in [0, 0.05) is 37.5 Å². The minimum Gasteiger partial charge on any atom is -0.342 e. The van der Waals surface area contributed by atoms with Crippen molar-refractivity contribution in [2.45, 2.75) is 46.5 Å². The number of nitriles is 2. The van der Waals surface area contributed by atoms with Crippen molar-refractivity contribution in [1.29, 1.82) is 10.5 Å². The summed E-state index contributed by atoms with van der Waals surface area (Å²) in [6.45, 7) is 7.64. The van der Waals surface area contributed by atoms with Gasteiger partial charge in [0.1, 0.15) is 0 Å². The minimum atomic E-state index is -0.400. The van der Waals surface area contributed by atoms with Crippen LogP contribution in [-0.4, -0.2) is 47.8 Å². The van der Waals surface area contributed by atoms with Gasteiger partial charge in [-0.2, -0.15) is 10.5 Å². The van der Waals surface area contributed by atoms with Crippen LogP contribution in [0.4, 0.5) is 0 Å². The molecule has 0 N–H and O–H groups in total. The van der Waals surface area contributed by atoms with Crippen LogP contribution >= 0.6 is 0 Å². The predicted molar refractivity (Wildman–Crippen MR) is 85.8 cm³/mol. The van der Waals surface area contributed by atoms with Gasteiger partial charge >= 0.3 is 0 Å². The summed E-state index contributed by atoms with van der Waals surface area (Å²) in [5.41, 5.74) is -0.400. The second kappa shape index (κ2) is 8.53. The standard InChI is InChI=1S/C17H26N4O2/c1-17(2,3)16(23)21-12-6-14(7-13-21)15(22)20(10-4-8-18)11-5-9-19/h14H,4-7,10-13H2,1-3H3. The Hall–Kier alpha value is -2.08. The van der Waals surface area contributed by atoms with Crippen LogP contribution in [-0.2, 0) is 9.59 Å². The molecule has 1 fully saturated rings. The molecular weight excluding hydrogens is 292 g/mol. The molecule has 1 saturated heterocycles. The predicted octanol–water partition coefficient (Wildman–Crippen LogP) is 1.93. The van der Waals surface area contributed by atoms with E-state index >= 15 is 0 Å². The Balaban J connectivity index is 2.60. The number of amides is 2. The lowest BCUT2D eigenvalue weighted by atomic mass is 9.90. The van der Waals surface area contributed by atoms with Gasteiger partial charge in [0.05, 0.1) is 25.0 Å². The summed E-state index contributed by atoms with van der Waals surface area (Å²) in [7, 11) is 0. The highest BCUT2D eigenvalue weighted by Crippen LogP contribution is 2.24. The monoisotopic (exact) mass is 318 g/mol. The van der Waals surface area contributed by atoms with Crippen molar-refractivity contribution in [2.75, 3.05) is 26.2 Å². The molecule has 1 aliphatic heterocycles. The topological polar surface area (TPSA) is 88.2 Å². The summed E-state index contributed by atoms with van der Waals surface area (Å²) in [5.74, 6) is 0.0176. The van der Waals surface area contributed by atoms with E-state index in [-0.39, 0.29) is 30.6 Å². The normalized spacial score (nSPS) is 15.6. The molecule has 6 nitrogen and oxygen atoms in total. The fraction of sp³-hybridized carbons (Fsp3) is 0.765. The van der Waals surface area contributed by atoms with E-state index in [4.69, 9.17) is 10.5 Å². The lowest BCUT2D eigenvalue weighted by molar-refractivity contribution is -0.144. The average molecular weight is 318 g/mol. The first-order chi connectivity index (χ1) is 10.8. The zero-order valence-electron chi connectivity index (χ0n) is 14.3. The fourth-order valence-corrected chi connectivity index (χ4v) is 2.76. The van der Waals surface area contributed by atoms with Crippen molar-refractivity contribution in [1.82, 2.24) is 9.80 Å². The van der Waals surface area contributed by atoms with Gasteiger partial charge in [0.25, 0.3) is 0 Å². The zero-order valence-corrected chi connectivity index (χ0v) is 14.3. The Morgan fingerprint density at radius 2 is 1.57 bits per heavy atom. The number of hydrogen-bond donors (Lipinski definition) is 0. The summed E-state index contributed by atoms with van der Waals surface area (Å²) in [6.07, 6.45) is 1.85. The van der Waals surface area contributed by atoms with Gasteiger partial charge in [-0.15, -0.1) is 0 Å². The molecule has 0 bridgehead atoms. The Bertz CT molecular complexity index is 484. The van der Waals surface area contributed by atoms with Gasteiger partial charge in [0.15, 0.2) is 0 Å². The molecule has 0 aromatic rings. The smallest absolute Gasteiger partial charge is 0.227 e. The average Bonchev–Trinajstić information content (AvgIpc) is 2.53. The number of nitrogens with zero attached hydrogens (tertiary/aromatic N) is 4. The number of rotatable bonds is 5. The van der Waals surface area contributed by atoms with Crippen molar-refractivity contribution in [2.24, 2.45) is 11.3 Å². The molecule has 0 spiro atoms. The molecule has 0 aromatic carbocycles. The van der Waals surface area contributed by atoms with Crippen LogP contribution in [0.1, 0.15) is 46.5 Å². The first-order valence-electron chi connectivity index (χ1n) is 8.13. The van der Waals surface area contributed by atoms with Crippen LogP contribution < -0.4 is 0 Å². The SMILES string of the molecule is CC(C)(C)C(=O)N1CCC(C(=O)N(CCC#N)CCC#N)CC1.